The van der Waals surface area contributed by atoms with Crippen LogP contribution in [-0.2, 0) is 29.1 Å². The maximum atomic E-state index is 13.4. The Morgan fingerprint density at radius 1 is 0.929 bits per heavy atom. The monoisotopic (exact) mass is 408 g/mol. The molecule has 7 nitrogen and oxygen atoms in total. The van der Waals surface area contributed by atoms with Crippen molar-refractivity contribution in [2.45, 2.75) is 29.3 Å². The third kappa shape index (κ3) is 4.37. The number of hydrogen-bond acceptors (Lipinski definition) is 7. The summed E-state index contributed by atoms with van der Waals surface area (Å²) in [5.74, 6) is 0.337. The van der Waals surface area contributed by atoms with Gasteiger partial charge in [0.25, 0.3) is 0 Å². The van der Waals surface area contributed by atoms with Crippen LogP contribution < -0.4 is 4.74 Å². The van der Waals surface area contributed by atoms with Gasteiger partial charge < -0.3 is 14.2 Å². The van der Waals surface area contributed by atoms with Gasteiger partial charge in [-0.1, -0.05) is 18.2 Å². The summed E-state index contributed by atoms with van der Waals surface area (Å²) in [6.45, 7) is 3.10. The van der Waals surface area contributed by atoms with Crippen LogP contribution in [0.4, 0.5) is 0 Å². The van der Waals surface area contributed by atoms with Gasteiger partial charge in [-0.2, -0.15) is 0 Å². The summed E-state index contributed by atoms with van der Waals surface area (Å²) in [4.78, 5) is 9.76. The first-order valence-corrected chi connectivity index (χ1v) is 10.3. The molecule has 2 aromatic rings. The van der Waals surface area contributed by atoms with Crippen LogP contribution in [0.15, 0.2) is 59.5 Å². The van der Waals surface area contributed by atoms with Gasteiger partial charge in [0.05, 0.1) is 25.2 Å². The SMILES string of the molecule is COOCC1(S(=O)(=O)c2ccc(Oc3ccccc3)cc2)COC(C)(C)OC1. The Balaban J connectivity index is 1.84. The van der Waals surface area contributed by atoms with Gasteiger partial charge >= 0.3 is 0 Å². The molecule has 0 aliphatic carbocycles. The molecule has 0 atom stereocenters. The predicted molar refractivity (Wildman–Crippen MR) is 102 cm³/mol. The summed E-state index contributed by atoms with van der Waals surface area (Å²) in [6.07, 6.45) is 0. The van der Waals surface area contributed by atoms with Crippen LogP contribution in [0.5, 0.6) is 11.5 Å². The lowest BCUT2D eigenvalue weighted by Gasteiger charge is -2.42. The summed E-state index contributed by atoms with van der Waals surface area (Å²) < 4.78 is 42.3. The number of para-hydroxylation sites is 1. The highest BCUT2D eigenvalue weighted by molar-refractivity contribution is 7.93. The van der Waals surface area contributed by atoms with Gasteiger partial charge in [-0.05, 0) is 50.2 Å². The van der Waals surface area contributed by atoms with E-state index in [1.165, 1.54) is 19.2 Å². The highest BCUT2D eigenvalue weighted by Crippen LogP contribution is 2.35. The molecule has 0 bridgehead atoms. The molecule has 3 rings (SSSR count). The average molecular weight is 408 g/mol. The van der Waals surface area contributed by atoms with E-state index in [0.717, 1.165) is 0 Å². The average Bonchev–Trinajstić information content (AvgIpc) is 2.68. The molecule has 1 aliphatic heterocycles. The van der Waals surface area contributed by atoms with E-state index in [4.69, 9.17) is 19.1 Å². The van der Waals surface area contributed by atoms with Crippen molar-refractivity contribution in [3.63, 3.8) is 0 Å². The zero-order valence-corrected chi connectivity index (χ0v) is 16.9. The molecular weight excluding hydrogens is 384 g/mol. The summed E-state index contributed by atoms with van der Waals surface area (Å²) in [5.41, 5.74) is 0. The van der Waals surface area contributed by atoms with E-state index in [0.29, 0.717) is 11.5 Å². The number of rotatable bonds is 7. The fourth-order valence-electron chi connectivity index (χ4n) is 2.74. The quantitative estimate of drug-likeness (QED) is 0.513. The number of hydrogen-bond donors (Lipinski definition) is 0. The zero-order chi connectivity index (χ0) is 20.3. The lowest BCUT2D eigenvalue weighted by Crippen LogP contribution is -2.58. The number of sulfone groups is 1. The van der Waals surface area contributed by atoms with Crippen LogP contribution in [-0.4, -0.2) is 45.9 Å². The van der Waals surface area contributed by atoms with Crippen molar-refractivity contribution < 1.29 is 32.4 Å². The molecule has 1 saturated heterocycles. The van der Waals surface area contributed by atoms with Crippen molar-refractivity contribution in [2.24, 2.45) is 0 Å². The molecule has 0 aromatic heterocycles. The maximum absolute atomic E-state index is 13.4. The Kier molecular flexibility index (Phi) is 6.07. The fourth-order valence-corrected chi connectivity index (χ4v) is 4.36. The van der Waals surface area contributed by atoms with Crippen molar-refractivity contribution in [1.82, 2.24) is 0 Å². The second-order valence-corrected chi connectivity index (χ2v) is 9.32. The molecule has 0 radical (unpaired) electrons. The minimum atomic E-state index is -3.85. The fraction of sp³-hybridized carbons (Fsp3) is 0.400. The Labute approximate surface area is 165 Å². The smallest absolute Gasteiger partial charge is 0.191 e. The standard InChI is InChI=1S/C20H24O7S/c1-19(2)24-13-20(14-25-19,15-26-23-3)28(21,22)18-11-9-17(10-12-18)27-16-7-5-4-6-8-16/h4-12H,13-15H2,1-3H3. The molecule has 0 saturated carbocycles. The predicted octanol–water partition coefficient (Wildman–Crippen LogP) is 3.35. The van der Waals surface area contributed by atoms with E-state index in [-0.39, 0.29) is 24.7 Å². The van der Waals surface area contributed by atoms with E-state index >= 15 is 0 Å². The van der Waals surface area contributed by atoms with Gasteiger partial charge in [0.2, 0.25) is 0 Å². The Morgan fingerprint density at radius 2 is 1.50 bits per heavy atom. The van der Waals surface area contributed by atoms with E-state index in [9.17, 15) is 8.42 Å². The lowest BCUT2D eigenvalue weighted by molar-refractivity contribution is -0.305. The second-order valence-electron chi connectivity index (χ2n) is 6.98. The molecule has 0 spiro atoms. The van der Waals surface area contributed by atoms with Crippen molar-refractivity contribution in [1.29, 1.82) is 0 Å². The molecule has 1 aliphatic rings. The van der Waals surface area contributed by atoms with Gasteiger partial charge in [0.1, 0.15) is 22.9 Å². The van der Waals surface area contributed by atoms with E-state index in [2.05, 4.69) is 4.89 Å². The molecule has 0 amide bonds. The molecule has 0 N–H and O–H groups in total. The minimum Gasteiger partial charge on any atom is -0.457 e. The second kappa shape index (κ2) is 8.18. The zero-order valence-electron chi connectivity index (χ0n) is 16.1. The van der Waals surface area contributed by atoms with Gasteiger partial charge in [-0.3, -0.25) is 0 Å². The third-order valence-corrected chi connectivity index (χ3v) is 6.87. The Morgan fingerprint density at radius 3 is 2.07 bits per heavy atom. The van der Waals surface area contributed by atoms with Crippen LogP contribution in [0.3, 0.4) is 0 Å². The summed E-state index contributed by atoms with van der Waals surface area (Å²) in [5, 5.41) is 0. The highest BCUT2D eigenvalue weighted by Gasteiger charge is 2.51. The largest absolute Gasteiger partial charge is 0.457 e. The topological polar surface area (TPSA) is 80.3 Å². The maximum Gasteiger partial charge on any atom is 0.191 e. The lowest BCUT2D eigenvalue weighted by atomic mass is 10.1. The molecule has 1 fully saturated rings. The first-order chi connectivity index (χ1) is 13.3. The first-order valence-electron chi connectivity index (χ1n) is 8.79. The Hall–Kier alpha value is -1.97. The van der Waals surface area contributed by atoms with Crippen LogP contribution in [0.1, 0.15) is 13.8 Å². The molecular formula is C20H24O7S. The van der Waals surface area contributed by atoms with Crippen LogP contribution in [0.25, 0.3) is 0 Å². The van der Waals surface area contributed by atoms with Gasteiger partial charge in [-0.25, -0.2) is 18.2 Å². The molecule has 28 heavy (non-hydrogen) atoms. The van der Waals surface area contributed by atoms with Crippen LogP contribution in [0.2, 0.25) is 0 Å². The summed E-state index contributed by atoms with van der Waals surface area (Å²) in [7, 11) is -2.52. The third-order valence-electron chi connectivity index (χ3n) is 4.49. The van der Waals surface area contributed by atoms with Crippen molar-refractivity contribution in [3.8, 4) is 11.5 Å². The molecule has 2 aromatic carbocycles. The molecule has 0 unspecified atom stereocenters. The van der Waals surface area contributed by atoms with Gasteiger partial charge in [-0.15, -0.1) is 0 Å². The van der Waals surface area contributed by atoms with E-state index in [1.807, 2.05) is 30.3 Å². The van der Waals surface area contributed by atoms with Crippen LogP contribution in [0, 0.1) is 0 Å². The summed E-state index contributed by atoms with van der Waals surface area (Å²) in [6, 6.07) is 15.5. The molecule has 1 heterocycles. The van der Waals surface area contributed by atoms with Crippen LogP contribution >= 0.6 is 0 Å². The molecule has 8 heteroatoms. The van der Waals surface area contributed by atoms with Gasteiger partial charge in [0.15, 0.2) is 15.6 Å². The molecule has 152 valence electrons. The minimum absolute atomic E-state index is 0.0754. The summed E-state index contributed by atoms with van der Waals surface area (Å²) >= 11 is 0. The van der Waals surface area contributed by atoms with Crippen molar-refractivity contribution >= 4 is 9.84 Å². The highest BCUT2D eigenvalue weighted by atomic mass is 32.2. The Bertz CT molecular complexity index is 867. The van der Waals surface area contributed by atoms with Crippen molar-refractivity contribution in [3.05, 3.63) is 54.6 Å². The van der Waals surface area contributed by atoms with Crippen molar-refractivity contribution in [2.75, 3.05) is 26.9 Å². The van der Waals surface area contributed by atoms with Gasteiger partial charge in [0, 0.05) is 0 Å². The number of ether oxygens (including phenoxy) is 3. The number of benzene rings is 2. The normalized spacial score (nSPS) is 18.5. The van der Waals surface area contributed by atoms with E-state index in [1.54, 1.807) is 26.0 Å². The first kappa shape index (κ1) is 20.8. The van der Waals surface area contributed by atoms with E-state index < -0.39 is 20.4 Å².